The van der Waals surface area contributed by atoms with Gasteiger partial charge >= 0.3 is 5.97 Å². The number of rotatable bonds is 5. The van der Waals surface area contributed by atoms with E-state index < -0.39 is 12.1 Å². The van der Waals surface area contributed by atoms with Crippen molar-refractivity contribution in [1.82, 2.24) is 5.32 Å². The molecule has 0 unspecified atom stereocenters. The number of carbonyl (C=O) groups excluding carboxylic acids is 2. The van der Waals surface area contributed by atoms with Crippen LogP contribution in [0.2, 0.25) is 5.02 Å². The Kier molecular flexibility index (Phi) is 6.33. The summed E-state index contributed by atoms with van der Waals surface area (Å²) >= 11 is 7.86. The number of hydrogen-bond donors (Lipinski definition) is 1. The molecule has 1 amide bonds. The van der Waals surface area contributed by atoms with Crippen molar-refractivity contribution < 1.29 is 14.3 Å². The van der Waals surface area contributed by atoms with Crippen molar-refractivity contribution in [2.45, 2.75) is 51.2 Å². The predicted octanol–water partition coefficient (Wildman–Crippen LogP) is 4.95. The lowest BCUT2D eigenvalue weighted by atomic mass is 9.95. The van der Waals surface area contributed by atoms with E-state index in [-0.39, 0.29) is 11.9 Å². The zero-order valence-corrected chi connectivity index (χ0v) is 16.2. The molecule has 3 rings (SSSR count). The largest absolute Gasteiger partial charge is 0.449 e. The molecule has 0 saturated heterocycles. The van der Waals surface area contributed by atoms with Gasteiger partial charge < -0.3 is 10.1 Å². The van der Waals surface area contributed by atoms with E-state index in [2.05, 4.69) is 5.32 Å². The molecular weight excluding hydrogens is 370 g/mol. The smallest absolute Gasteiger partial charge is 0.331 e. The molecule has 1 heterocycles. The summed E-state index contributed by atoms with van der Waals surface area (Å²) in [5, 5.41) is 4.55. The van der Waals surface area contributed by atoms with Crippen LogP contribution in [0.5, 0.6) is 0 Å². The van der Waals surface area contributed by atoms with Crippen LogP contribution in [-0.4, -0.2) is 24.0 Å². The summed E-state index contributed by atoms with van der Waals surface area (Å²) in [7, 11) is 0. The highest BCUT2D eigenvalue weighted by atomic mass is 35.5. The Morgan fingerprint density at radius 1 is 1.27 bits per heavy atom. The minimum atomic E-state index is -0.813. The first-order valence-electron chi connectivity index (χ1n) is 8.90. The van der Waals surface area contributed by atoms with Gasteiger partial charge in [-0.15, -0.1) is 11.3 Å². The third kappa shape index (κ3) is 4.65. The minimum absolute atomic E-state index is 0.199. The Balaban J connectivity index is 1.56. The summed E-state index contributed by atoms with van der Waals surface area (Å²) in [5.74, 6) is -0.789. The van der Waals surface area contributed by atoms with Crippen molar-refractivity contribution in [1.29, 1.82) is 0 Å². The van der Waals surface area contributed by atoms with Gasteiger partial charge in [0, 0.05) is 27.1 Å². The number of thiophene rings is 1. The molecular formula is C20H22ClNO3S. The zero-order chi connectivity index (χ0) is 18.5. The Morgan fingerprint density at radius 3 is 2.73 bits per heavy atom. The molecule has 1 fully saturated rings. The highest BCUT2D eigenvalue weighted by Crippen LogP contribution is 2.35. The molecule has 0 bridgehead atoms. The number of nitrogens with one attached hydrogen (secondary N) is 1. The topological polar surface area (TPSA) is 55.4 Å². The molecule has 26 heavy (non-hydrogen) atoms. The van der Waals surface area contributed by atoms with Gasteiger partial charge in [-0.1, -0.05) is 49.1 Å². The van der Waals surface area contributed by atoms with E-state index in [1.807, 2.05) is 24.3 Å². The monoisotopic (exact) mass is 391 g/mol. The second kappa shape index (κ2) is 8.69. The van der Waals surface area contributed by atoms with Gasteiger partial charge in [-0.25, -0.2) is 4.79 Å². The number of halogens is 1. The van der Waals surface area contributed by atoms with Gasteiger partial charge in [-0.3, -0.25) is 4.79 Å². The standard InChI is InChI=1S/C20H22ClNO3S/c1-13(20(24)22-14-7-3-2-4-8-14)25-18(23)12-11-17-19(21)15-9-5-6-10-16(15)26-17/h5-6,9-14H,2-4,7-8H2,1H3,(H,22,24)/b12-11+/t13-/m1/s1. The van der Waals surface area contributed by atoms with Crippen molar-refractivity contribution in [3.05, 3.63) is 40.2 Å². The fraction of sp³-hybridized carbons (Fsp3) is 0.400. The maximum Gasteiger partial charge on any atom is 0.331 e. The number of esters is 1. The van der Waals surface area contributed by atoms with Crippen molar-refractivity contribution in [3.8, 4) is 0 Å². The Bertz CT molecular complexity index is 824. The first kappa shape index (κ1) is 18.9. The van der Waals surface area contributed by atoms with Crippen LogP contribution in [0.1, 0.15) is 43.9 Å². The van der Waals surface area contributed by atoms with E-state index in [1.54, 1.807) is 13.0 Å². The van der Waals surface area contributed by atoms with E-state index in [1.165, 1.54) is 23.8 Å². The fourth-order valence-corrected chi connectivity index (χ4v) is 4.52. The minimum Gasteiger partial charge on any atom is -0.449 e. The lowest BCUT2D eigenvalue weighted by molar-refractivity contribution is -0.150. The van der Waals surface area contributed by atoms with Gasteiger partial charge in [0.2, 0.25) is 0 Å². The maximum absolute atomic E-state index is 12.2. The molecule has 4 nitrogen and oxygen atoms in total. The maximum atomic E-state index is 12.2. The first-order chi connectivity index (χ1) is 12.5. The third-order valence-corrected chi connectivity index (χ3v) is 6.20. The lowest BCUT2D eigenvalue weighted by Gasteiger charge is -2.24. The zero-order valence-electron chi connectivity index (χ0n) is 14.7. The molecule has 1 aliphatic carbocycles. The van der Waals surface area contributed by atoms with Crippen LogP contribution in [0.15, 0.2) is 30.3 Å². The highest BCUT2D eigenvalue weighted by molar-refractivity contribution is 7.20. The van der Waals surface area contributed by atoms with Crippen LogP contribution in [0, 0.1) is 0 Å². The molecule has 1 aromatic heterocycles. The second-order valence-corrected chi connectivity index (χ2v) is 7.99. The molecule has 2 aromatic rings. The number of hydrogen-bond acceptors (Lipinski definition) is 4. The number of carbonyl (C=O) groups is 2. The molecule has 1 aromatic carbocycles. The second-order valence-electron chi connectivity index (χ2n) is 6.53. The summed E-state index contributed by atoms with van der Waals surface area (Å²) in [5.41, 5.74) is 0. The van der Waals surface area contributed by atoms with Crippen LogP contribution in [0.4, 0.5) is 0 Å². The van der Waals surface area contributed by atoms with E-state index in [0.29, 0.717) is 5.02 Å². The fourth-order valence-electron chi connectivity index (χ4n) is 3.12. The highest BCUT2D eigenvalue weighted by Gasteiger charge is 2.21. The van der Waals surface area contributed by atoms with Gasteiger partial charge in [0.1, 0.15) is 0 Å². The van der Waals surface area contributed by atoms with Crippen LogP contribution in [0.25, 0.3) is 16.2 Å². The molecule has 0 radical (unpaired) electrons. The average Bonchev–Trinajstić information content (AvgIpc) is 2.97. The molecule has 0 aliphatic heterocycles. The predicted molar refractivity (Wildman–Crippen MR) is 106 cm³/mol. The summed E-state index contributed by atoms with van der Waals surface area (Å²) in [6.07, 6.45) is 7.64. The summed E-state index contributed by atoms with van der Waals surface area (Å²) in [4.78, 5) is 25.0. The van der Waals surface area contributed by atoms with Crippen molar-refractivity contribution in [2.24, 2.45) is 0 Å². The van der Waals surface area contributed by atoms with Crippen LogP contribution >= 0.6 is 22.9 Å². The lowest BCUT2D eigenvalue weighted by Crippen LogP contribution is -2.42. The van der Waals surface area contributed by atoms with Gasteiger partial charge in [0.15, 0.2) is 6.10 Å². The average molecular weight is 392 g/mol. The van der Waals surface area contributed by atoms with Gasteiger partial charge in [0.05, 0.1) is 5.02 Å². The molecule has 138 valence electrons. The quantitative estimate of drug-likeness (QED) is 0.579. The van der Waals surface area contributed by atoms with Crippen LogP contribution in [-0.2, 0) is 14.3 Å². The molecule has 1 saturated carbocycles. The Hall–Kier alpha value is -1.85. The SMILES string of the molecule is C[C@@H](OC(=O)/C=C/c1sc2ccccc2c1Cl)C(=O)NC1CCCCC1. The molecule has 1 atom stereocenters. The van der Waals surface area contributed by atoms with Crippen molar-refractivity contribution >= 4 is 51.0 Å². The summed E-state index contributed by atoms with van der Waals surface area (Å²) in [6.45, 7) is 1.59. The van der Waals surface area contributed by atoms with Gasteiger partial charge in [-0.05, 0) is 31.9 Å². The first-order valence-corrected chi connectivity index (χ1v) is 10.1. The molecule has 0 spiro atoms. The van der Waals surface area contributed by atoms with Crippen LogP contribution < -0.4 is 5.32 Å². The number of ether oxygens (including phenoxy) is 1. The number of benzene rings is 1. The van der Waals surface area contributed by atoms with E-state index in [0.717, 1.165) is 40.6 Å². The van der Waals surface area contributed by atoms with E-state index >= 15 is 0 Å². The van der Waals surface area contributed by atoms with E-state index in [9.17, 15) is 9.59 Å². The number of fused-ring (bicyclic) bond motifs is 1. The Labute approximate surface area is 162 Å². The van der Waals surface area contributed by atoms with Gasteiger partial charge in [0.25, 0.3) is 5.91 Å². The Morgan fingerprint density at radius 2 is 2.00 bits per heavy atom. The third-order valence-electron chi connectivity index (χ3n) is 4.54. The summed E-state index contributed by atoms with van der Waals surface area (Å²) in [6, 6.07) is 8.00. The molecule has 6 heteroatoms. The van der Waals surface area contributed by atoms with E-state index in [4.69, 9.17) is 16.3 Å². The van der Waals surface area contributed by atoms with Crippen molar-refractivity contribution in [3.63, 3.8) is 0 Å². The normalized spacial score (nSPS) is 16.7. The summed E-state index contributed by atoms with van der Waals surface area (Å²) < 4.78 is 6.27. The van der Waals surface area contributed by atoms with Gasteiger partial charge in [-0.2, -0.15) is 0 Å². The number of amides is 1. The molecule has 1 aliphatic rings. The molecule has 1 N–H and O–H groups in total. The van der Waals surface area contributed by atoms with Crippen molar-refractivity contribution in [2.75, 3.05) is 0 Å². The van der Waals surface area contributed by atoms with Crippen LogP contribution in [0.3, 0.4) is 0 Å².